The summed E-state index contributed by atoms with van der Waals surface area (Å²) in [5.41, 5.74) is 0.973. The van der Waals surface area contributed by atoms with Gasteiger partial charge in [0.15, 0.2) is 0 Å². The van der Waals surface area contributed by atoms with Gasteiger partial charge in [0.2, 0.25) is 6.49 Å². The van der Waals surface area contributed by atoms with Gasteiger partial charge in [-0.15, -0.1) is 0 Å². The van der Waals surface area contributed by atoms with Crippen molar-refractivity contribution in [2.75, 3.05) is 6.61 Å². The number of nitrogens with zero attached hydrogens (tertiary/aromatic N) is 1. The molecule has 0 amide bonds. The molecule has 0 aromatic heterocycles. The van der Waals surface area contributed by atoms with Gasteiger partial charge in [-0.1, -0.05) is 6.07 Å². The lowest BCUT2D eigenvalue weighted by Gasteiger charge is -2.17. The lowest BCUT2D eigenvalue weighted by molar-refractivity contribution is -0.384. The van der Waals surface area contributed by atoms with Crippen molar-refractivity contribution >= 4 is 29.3 Å². The van der Waals surface area contributed by atoms with E-state index in [0.29, 0.717) is 23.5 Å². The van der Waals surface area contributed by atoms with Crippen LogP contribution in [0.4, 0.5) is 5.69 Å². The van der Waals surface area contributed by atoms with Gasteiger partial charge in [0.25, 0.3) is 5.69 Å². The third-order valence-electron chi connectivity index (χ3n) is 2.98. The predicted molar refractivity (Wildman–Crippen MR) is 88.1 cm³/mol. The molecule has 0 bridgehead atoms. The molecular weight excluding hydrogens is 325 g/mol. The van der Waals surface area contributed by atoms with Crippen LogP contribution in [0, 0.1) is 10.1 Å². The molecule has 0 aliphatic heterocycles. The lowest BCUT2D eigenvalue weighted by atomic mass is 10.0. The van der Waals surface area contributed by atoms with Crippen molar-refractivity contribution in [2.24, 2.45) is 0 Å². The Balaban J connectivity index is 2.65. The molecule has 0 unspecified atom stereocenters. The van der Waals surface area contributed by atoms with Gasteiger partial charge in [0.1, 0.15) is 5.75 Å². The molecule has 2 aromatic rings. The van der Waals surface area contributed by atoms with Gasteiger partial charge in [-0.3, -0.25) is 10.1 Å². The molecular formula is C14H14NO5PS. The Labute approximate surface area is 132 Å². The van der Waals surface area contributed by atoms with Gasteiger partial charge in [-0.25, -0.2) is 0 Å². The van der Waals surface area contributed by atoms with E-state index in [0.717, 1.165) is 0 Å². The zero-order valence-electron chi connectivity index (χ0n) is 11.7. The van der Waals surface area contributed by atoms with Crippen molar-refractivity contribution in [2.45, 2.75) is 6.92 Å². The second kappa shape index (κ2) is 6.54. The van der Waals surface area contributed by atoms with E-state index in [4.69, 9.17) is 16.5 Å². The maximum absolute atomic E-state index is 10.7. The van der Waals surface area contributed by atoms with E-state index in [9.17, 15) is 19.9 Å². The SMILES string of the molecule is CCOc1cccc(P(O)(O)=S)c1-c1ccc([N+](=O)[O-])cc1. The van der Waals surface area contributed by atoms with E-state index >= 15 is 0 Å². The van der Waals surface area contributed by atoms with Crippen LogP contribution in [-0.2, 0) is 11.8 Å². The zero-order chi connectivity index (χ0) is 16.3. The van der Waals surface area contributed by atoms with Crippen LogP contribution in [0.5, 0.6) is 5.75 Å². The van der Waals surface area contributed by atoms with Crippen LogP contribution >= 0.6 is 6.49 Å². The molecule has 0 fully saturated rings. The standard InChI is InChI=1S/C14H14NO5PS/c1-2-20-12-4-3-5-13(21(18,19)22)14(12)10-6-8-11(9-7-10)15(16)17/h3-9H,2H2,1H3,(H2,18,19,22). The van der Waals surface area contributed by atoms with Gasteiger partial charge in [-0.2, -0.15) is 0 Å². The Bertz CT molecular complexity index is 741. The van der Waals surface area contributed by atoms with E-state index in [-0.39, 0.29) is 11.0 Å². The summed E-state index contributed by atoms with van der Waals surface area (Å²) in [6.07, 6.45) is 0. The third kappa shape index (κ3) is 3.51. The van der Waals surface area contributed by atoms with E-state index < -0.39 is 11.4 Å². The molecule has 0 atom stereocenters. The Morgan fingerprint density at radius 2 is 1.86 bits per heavy atom. The van der Waals surface area contributed by atoms with Crippen LogP contribution in [0.3, 0.4) is 0 Å². The molecule has 8 heteroatoms. The number of benzene rings is 2. The monoisotopic (exact) mass is 339 g/mol. The lowest BCUT2D eigenvalue weighted by Crippen LogP contribution is -2.10. The number of non-ortho nitro benzene ring substituents is 1. The minimum absolute atomic E-state index is 0.0494. The second-order valence-electron chi connectivity index (χ2n) is 4.43. The molecule has 2 aromatic carbocycles. The molecule has 0 radical (unpaired) electrons. The first-order chi connectivity index (χ1) is 10.3. The van der Waals surface area contributed by atoms with Crippen molar-refractivity contribution in [3.8, 4) is 16.9 Å². The largest absolute Gasteiger partial charge is 0.493 e. The topological polar surface area (TPSA) is 92.8 Å². The number of nitro groups is 1. The first-order valence-electron chi connectivity index (χ1n) is 6.41. The predicted octanol–water partition coefficient (Wildman–Crippen LogP) is 2.58. The van der Waals surface area contributed by atoms with Gasteiger partial charge < -0.3 is 14.5 Å². The van der Waals surface area contributed by atoms with Crippen LogP contribution in [0.25, 0.3) is 11.1 Å². The summed E-state index contributed by atoms with van der Waals surface area (Å²) < 4.78 is 5.52. The van der Waals surface area contributed by atoms with E-state index in [2.05, 4.69) is 0 Å². The Morgan fingerprint density at radius 3 is 2.36 bits per heavy atom. The van der Waals surface area contributed by atoms with Gasteiger partial charge in [0, 0.05) is 23.0 Å². The highest BCUT2D eigenvalue weighted by molar-refractivity contribution is 8.12. The van der Waals surface area contributed by atoms with Gasteiger partial charge >= 0.3 is 0 Å². The zero-order valence-corrected chi connectivity index (χ0v) is 13.4. The van der Waals surface area contributed by atoms with Crippen LogP contribution in [0.2, 0.25) is 0 Å². The fourth-order valence-electron chi connectivity index (χ4n) is 2.08. The summed E-state index contributed by atoms with van der Waals surface area (Å²) in [7, 11) is 0. The summed E-state index contributed by atoms with van der Waals surface area (Å²) in [5, 5.41) is 10.9. The smallest absolute Gasteiger partial charge is 0.269 e. The summed E-state index contributed by atoms with van der Waals surface area (Å²) in [6.45, 7) is -1.49. The normalized spacial score (nSPS) is 11.2. The molecule has 2 rings (SSSR count). The maximum Gasteiger partial charge on any atom is 0.269 e. The first kappa shape index (κ1) is 16.6. The molecule has 22 heavy (non-hydrogen) atoms. The third-order valence-corrected chi connectivity index (χ3v) is 4.58. The second-order valence-corrected chi connectivity index (χ2v) is 7.53. The number of ether oxygens (including phenoxy) is 1. The van der Waals surface area contributed by atoms with Crippen molar-refractivity contribution in [1.82, 2.24) is 0 Å². The van der Waals surface area contributed by atoms with E-state index in [1.807, 2.05) is 0 Å². The van der Waals surface area contributed by atoms with Crippen molar-refractivity contribution in [3.05, 3.63) is 52.6 Å². The van der Waals surface area contributed by atoms with Gasteiger partial charge in [-0.05, 0) is 48.6 Å². The molecule has 2 N–H and O–H groups in total. The first-order valence-corrected chi connectivity index (χ1v) is 9.12. The Kier molecular flexibility index (Phi) is 4.93. The van der Waals surface area contributed by atoms with Crippen LogP contribution in [0.1, 0.15) is 6.92 Å². The van der Waals surface area contributed by atoms with Crippen LogP contribution < -0.4 is 10.0 Å². The number of hydrogen-bond acceptors (Lipinski definition) is 4. The Hall–Kier alpha value is -1.79. The quantitative estimate of drug-likeness (QED) is 0.494. The summed E-state index contributed by atoms with van der Waals surface area (Å²) in [4.78, 5) is 30.0. The minimum Gasteiger partial charge on any atom is -0.493 e. The number of rotatable bonds is 5. The number of hydrogen-bond donors (Lipinski definition) is 2. The molecule has 0 saturated carbocycles. The molecule has 0 aliphatic rings. The maximum atomic E-state index is 10.7. The van der Waals surface area contributed by atoms with Crippen molar-refractivity contribution < 1.29 is 19.4 Å². The number of nitro benzene ring substituents is 1. The van der Waals surface area contributed by atoms with E-state index in [1.165, 1.54) is 30.3 Å². The summed E-state index contributed by atoms with van der Waals surface area (Å²) >= 11 is 4.81. The van der Waals surface area contributed by atoms with Crippen molar-refractivity contribution in [3.63, 3.8) is 0 Å². The fraction of sp³-hybridized carbons (Fsp3) is 0.143. The minimum atomic E-state index is -3.68. The highest BCUT2D eigenvalue weighted by Gasteiger charge is 2.21. The van der Waals surface area contributed by atoms with Crippen LogP contribution in [-0.4, -0.2) is 21.3 Å². The van der Waals surface area contributed by atoms with Crippen LogP contribution in [0.15, 0.2) is 42.5 Å². The molecule has 6 nitrogen and oxygen atoms in total. The molecule has 0 heterocycles. The molecule has 116 valence electrons. The molecule has 0 aliphatic carbocycles. The highest BCUT2D eigenvalue weighted by atomic mass is 32.5. The average molecular weight is 339 g/mol. The average Bonchev–Trinajstić information content (AvgIpc) is 2.46. The molecule has 0 saturated heterocycles. The highest BCUT2D eigenvalue weighted by Crippen LogP contribution is 2.42. The summed E-state index contributed by atoms with van der Waals surface area (Å²) in [6, 6.07) is 10.6. The van der Waals surface area contributed by atoms with Crippen molar-refractivity contribution in [1.29, 1.82) is 0 Å². The molecule has 0 spiro atoms. The van der Waals surface area contributed by atoms with Gasteiger partial charge in [0.05, 0.1) is 11.5 Å². The van der Waals surface area contributed by atoms with E-state index in [1.54, 1.807) is 19.1 Å². The summed E-state index contributed by atoms with van der Waals surface area (Å²) in [5.74, 6) is 0.450. The fourth-order valence-corrected chi connectivity index (χ4v) is 3.35. The Morgan fingerprint density at radius 1 is 1.23 bits per heavy atom.